The molecule has 3 nitrogen and oxygen atoms in total. The van der Waals surface area contributed by atoms with Crippen LogP contribution in [0.5, 0.6) is 5.75 Å². The van der Waals surface area contributed by atoms with E-state index in [1.807, 2.05) is 31.3 Å². The van der Waals surface area contributed by atoms with Gasteiger partial charge in [-0.25, -0.2) is 0 Å². The molecule has 0 aliphatic rings. The summed E-state index contributed by atoms with van der Waals surface area (Å²) in [6.45, 7) is 4.65. The molecule has 0 aliphatic carbocycles. The van der Waals surface area contributed by atoms with Crippen molar-refractivity contribution < 1.29 is 4.74 Å². The number of nitrogens with two attached hydrogens (primary N) is 1. The van der Waals surface area contributed by atoms with Crippen LogP contribution >= 0.6 is 15.9 Å². The molecular formula is C17H21BrN2O. The molecule has 1 heterocycles. The van der Waals surface area contributed by atoms with Gasteiger partial charge in [0.1, 0.15) is 5.75 Å². The highest BCUT2D eigenvalue weighted by Gasteiger charge is 2.17. The molecule has 0 saturated carbocycles. The molecule has 2 aromatic rings. The number of ether oxygens (including phenoxy) is 1. The normalized spacial score (nSPS) is 12.2. The lowest BCUT2D eigenvalue weighted by atomic mass is 9.92. The minimum Gasteiger partial charge on any atom is -0.496 e. The lowest BCUT2D eigenvalue weighted by molar-refractivity contribution is 0.406. The van der Waals surface area contributed by atoms with Crippen LogP contribution in [0.1, 0.15) is 28.3 Å². The summed E-state index contributed by atoms with van der Waals surface area (Å²) in [5, 5.41) is 0. The molecule has 0 saturated heterocycles. The van der Waals surface area contributed by atoms with Crippen molar-refractivity contribution >= 4 is 15.9 Å². The van der Waals surface area contributed by atoms with Crippen LogP contribution in [0.2, 0.25) is 0 Å². The van der Waals surface area contributed by atoms with Crippen molar-refractivity contribution in [3.63, 3.8) is 0 Å². The first-order chi connectivity index (χ1) is 10.1. The summed E-state index contributed by atoms with van der Waals surface area (Å²) in [4.78, 5) is 4.58. The molecule has 21 heavy (non-hydrogen) atoms. The molecule has 1 aromatic heterocycles. The molecule has 0 aliphatic heterocycles. The highest BCUT2D eigenvalue weighted by Crippen LogP contribution is 2.30. The van der Waals surface area contributed by atoms with Crippen molar-refractivity contribution in [2.45, 2.75) is 26.2 Å². The molecule has 0 bridgehead atoms. The average molecular weight is 349 g/mol. The maximum atomic E-state index is 5.99. The first kappa shape index (κ1) is 16.0. The Bertz CT molecular complexity index is 628. The van der Waals surface area contributed by atoms with E-state index in [2.05, 4.69) is 33.9 Å². The number of pyridine rings is 1. The predicted molar refractivity (Wildman–Crippen MR) is 89.9 cm³/mol. The van der Waals surface area contributed by atoms with Gasteiger partial charge in [-0.2, -0.15) is 0 Å². The van der Waals surface area contributed by atoms with Gasteiger partial charge >= 0.3 is 0 Å². The van der Waals surface area contributed by atoms with Crippen LogP contribution in [0.4, 0.5) is 0 Å². The van der Waals surface area contributed by atoms with Crippen LogP contribution in [0.15, 0.2) is 34.9 Å². The summed E-state index contributed by atoms with van der Waals surface area (Å²) in [5.41, 5.74) is 10.4. The Balaban J connectivity index is 2.34. The first-order valence-electron chi connectivity index (χ1n) is 7.02. The Labute approximate surface area is 134 Å². The Kier molecular flexibility index (Phi) is 5.37. The van der Waals surface area contributed by atoms with E-state index in [4.69, 9.17) is 10.5 Å². The van der Waals surface area contributed by atoms with Gasteiger partial charge in [-0.05, 0) is 38.4 Å². The lowest BCUT2D eigenvalue weighted by Gasteiger charge is -2.19. The molecule has 1 atom stereocenters. The number of aryl methyl sites for hydroxylation is 1. The van der Waals surface area contributed by atoms with Gasteiger partial charge in [-0.15, -0.1) is 0 Å². The molecule has 1 aromatic carbocycles. The molecule has 4 heteroatoms. The average Bonchev–Trinajstić information content (AvgIpc) is 2.48. The largest absolute Gasteiger partial charge is 0.496 e. The van der Waals surface area contributed by atoms with Crippen LogP contribution in [0.25, 0.3) is 0 Å². The van der Waals surface area contributed by atoms with Crippen LogP contribution in [0, 0.1) is 13.8 Å². The summed E-state index contributed by atoms with van der Waals surface area (Å²) < 4.78 is 6.58. The van der Waals surface area contributed by atoms with Gasteiger partial charge < -0.3 is 10.5 Å². The minimum atomic E-state index is 0.235. The molecule has 0 spiro atoms. The quantitative estimate of drug-likeness (QED) is 0.894. The van der Waals surface area contributed by atoms with Crippen LogP contribution in [-0.4, -0.2) is 18.6 Å². The number of aromatic nitrogens is 1. The van der Waals surface area contributed by atoms with Gasteiger partial charge in [0.15, 0.2) is 0 Å². The van der Waals surface area contributed by atoms with E-state index in [1.165, 1.54) is 5.56 Å². The third-order valence-corrected chi connectivity index (χ3v) is 4.54. The van der Waals surface area contributed by atoms with E-state index < -0.39 is 0 Å². The second-order valence-corrected chi connectivity index (χ2v) is 6.06. The summed E-state index contributed by atoms with van der Waals surface area (Å²) in [5.74, 6) is 1.15. The Morgan fingerprint density at radius 2 is 2.00 bits per heavy atom. The Hall–Kier alpha value is -1.39. The topological polar surface area (TPSA) is 48.1 Å². The van der Waals surface area contributed by atoms with Crippen molar-refractivity contribution in [2.24, 2.45) is 5.73 Å². The fraction of sp³-hybridized carbons (Fsp3) is 0.353. The number of methoxy groups -OCH3 is 1. The van der Waals surface area contributed by atoms with Crippen molar-refractivity contribution in [3.05, 3.63) is 57.3 Å². The number of benzene rings is 1. The van der Waals surface area contributed by atoms with Crippen LogP contribution < -0.4 is 10.5 Å². The monoisotopic (exact) mass is 348 g/mol. The zero-order valence-electron chi connectivity index (χ0n) is 12.7. The van der Waals surface area contributed by atoms with Crippen molar-refractivity contribution in [3.8, 4) is 5.75 Å². The first-order valence-corrected chi connectivity index (χ1v) is 7.81. The number of hydrogen-bond acceptors (Lipinski definition) is 3. The maximum Gasteiger partial charge on any atom is 0.128 e. The zero-order valence-corrected chi connectivity index (χ0v) is 14.3. The third kappa shape index (κ3) is 3.44. The molecule has 0 fully saturated rings. The summed E-state index contributed by atoms with van der Waals surface area (Å²) in [7, 11) is 1.70. The van der Waals surface area contributed by atoms with Gasteiger partial charge in [-0.3, -0.25) is 4.98 Å². The fourth-order valence-electron chi connectivity index (χ4n) is 2.64. The molecule has 0 radical (unpaired) electrons. The third-order valence-electron chi connectivity index (χ3n) is 3.82. The number of rotatable bonds is 5. The highest BCUT2D eigenvalue weighted by atomic mass is 79.9. The van der Waals surface area contributed by atoms with E-state index in [0.29, 0.717) is 6.54 Å². The van der Waals surface area contributed by atoms with Gasteiger partial charge in [0.05, 0.1) is 7.11 Å². The van der Waals surface area contributed by atoms with E-state index in [-0.39, 0.29) is 5.92 Å². The van der Waals surface area contributed by atoms with E-state index >= 15 is 0 Å². The maximum absolute atomic E-state index is 5.99. The number of hydrogen-bond donors (Lipinski definition) is 1. The lowest BCUT2D eigenvalue weighted by Crippen LogP contribution is -2.17. The minimum absolute atomic E-state index is 0.235. The van der Waals surface area contributed by atoms with E-state index in [1.54, 1.807) is 7.11 Å². The smallest absolute Gasteiger partial charge is 0.128 e. The molecule has 1 unspecified atom stereocenters. The summed E-state index contributed by atoms with van der Waals surface area (Å²) in [6, 6.07) is 8.22. The van der Waals surface area contributed by atoms with E-state index in [9.17, 15) is 0 Å². The van der Waals surface area contributed by atoms with E-state index in [0.717, 1.165) is 33.5 Å². The number of nitrogens with zero attached hydrogens (tertiary/aromatic N) is 1. The molecule has 2 N–H and O–H groups in total. The SMILES string of the molecule is COc1c(C)cnc(CC(CN)c2ccccc2Br)c1C. The second kappa shape index (κ2) is 7.05. The fourth-order valence-corrected chi connectivity index (χ4v) is 3.25. The zero-order chi connectivity index (χ0) is 15.4. The van der Waals surface area contributed by atoms with Crippen LogP contribution in [-0.2, 0) is 6.42 Å². The van der Waals surface area contributed by atoms with Crippen molar-refractivity contribution in [2.75, 3.05) is 13.7 Å². The Morgan fingerprint density at radius 3 is 2.62 bits per heavy atom. The second-order valence-electron chi connectivity index (χ2n) is 5.20. The van der Waals surface area contributed by atoms with Gasteiger partial charge in [-0.1, -0.05) is 34.1 Å². The Morgan fingerprint density at radius 1 is 1.29 bits per heavy atom. The predicted octanol–water partition coefficient (Wildman–Crippen LogP) is 3.75. The molecular weight excluding hydrogens is 328 g/mol. The van der Waals surface area contributed by atoms with Gasteiger partial charge in [0.2, 0.25) is 0 Å². The van der Waals surface area contributed by atoms with Gasteiger partial charge in [0.25, 0.3) is 0 Å². The van der Waals surface area contributed by atoms with Gasteiger partial charge in [0, 0.05) is 33.4 Å². The number of halogens is 1. The standard InChI is InChI=1S/C17H21BrN2O/c1-11-10-20-16(12(2)17(11)21-3)8-13(9-19)14-6-4-5-7-15(14)18/h4-7,10,13H,8-9,19H2,1-3H3. The summed E-state index contributed by atoms with van der Waals surface area (Å²) >= 11 is 3.61. The molecule has 0 amide bonds. The highest BCUT2D eigenvalue weighted by molar-refractivity contribution is 9.10. The molecule has 112 valence electrons. The summed E-state index contributed by atoms with van der Waals surface area (Å²) in [6.07, 6.45) is 2.68. The van der Waals surface area contributed by atoms with Crippen LogP contribution in [0.3, 0.4) is 0 Å². The molecule has 2 rings (SSSR count). The van der Waals surface area contributed by atoms with Crippen molar-refractivity contribution in [1.29, 1.82) is 0 Å². The van der Waals surface area contributed by atoms with Crippen molar-refractivity contribution in [1.82, 2.24) is 4.98 Å².